The highest BCUT2D eigenvalue weighted by Crippen LogP contribution is 2.12. The zero-order chi connectivity index (χ0) is 18.2. The van der Waals surface area contributed by atoms with Crippen molar-refractivity contribution < 1.29 is 14.3 Å². The normalized spacial score (nSPS) is 10.3. The van der Waals surface area contributed by atoms with Gasteiger partial charge in [0.2, 0.25) is 0 Å². The van der Waals surface area contributed by atoms with Gasteiger partial charge in [0.15, 0.2) is 0 Å². The number of hydrogen-bond acceptors (Lipinski definition) is 4. The minimum Gasteiger partial charge on any atom is -0.461 e. The van der Waals surface area contributed by atoms with Crippen LogP contribution < -0.4 is 5.32 Å². The molecule has 3 rings (SSSR count). The molecule has 4 nitrogen and oxygen atoms in total. The molecule has 0 saturated carbocycles. The second kappa shape index (κ2) is 8.97. The summed E-state index contributed by atoms with van der Waals surface area (Å²) in [6, 6.07) is 18.4. The Labute approximate surface area is 156 Å². The number of aryl methyl sites for hydroxylation is 1. The Hall–Kier alpha value is -2.92. The number of carbonyl (C=O) groups is 2. The van der Waals surface area contributed by atoms with E-state index in [4.69, 9.17) is 4.74 Å². The Morgan fingerprint density at radius 2 is 1.69 bits per heavy atom. The van der Waals surface area contributed by atoms with Crippen LogP contribution in [-0.2, 0) is 22.6 Å². The average molecular weight is 365 g/mol. The Morgan fingerprint density at radius 3 is 2.38 bits per heavy atom. The summed E-state index contributed by atoms with van der Waals surface area (Å²) in [6.45, 7) is 0.211. The summed E-state index contributed by atoms with van der Waals surface area (Å²) in [7, 11) is 0. The van der Waals surface area contributed by atoms with Crippen molar-refractivity contribution in [3.63, 3.8) is 0 Å². The molecule has 0 unspecified atom stereocenters. The molecule has 0 aliphatic rings. The molecule has 3 aromatic rings. The summed E-state index contributed by atoms with van der Waals surface area (Å²) < 4.78 is 5.29. The van der Waals surface area contributed by atoms with Gasteiger partial charge in [-0.3, -0.25) is 9.59 Å². The fourth-order valence-electron chi connectivity index (χ4n) is 2.39. The Balaban J connectivity index is 1.46. The number of ether oxygens (including phenoxy) is 1. The van der Waals surface area contributed by atoms with Crippen LogP contribution >= 0.6 is 11.3 Å². The number of anilines is 1. The fourth-order valence-corrected chi connectivity index (χ4v) is 3.10. The maximum Gasteiger partial charge on any atom is 0.306 e. The van der Waals surface area contributed by atoms with Gasteiger partial charge in [-0.05, 0) is 58.6 Å². The highest BCUT2D eigenvalue weighted by molar-refractivity contribution is 7.07. The van der Waals surface area contributed by atoms with Gasteiger partial charge in [-0.15, -0.1) is 0 Å². The molecular weight excluding hydrogens is 346 g/mol. The number of thiophene rings is 1. The molecule has 1 aromatic heterocycles. The molecule has 0 aliphatic heterocycles. The first-order valence-electron chi connectivity index (χ1n) is 8.33. The van der Waals surface area contributed by atoms with Gasteiger partial charge in [0.25, 0.3) is 5.91 Å². The molecule has 1 N–H and O–H groups in total. The molecule has 0 radical (unpaired) electrons. The average Bonchev–Trinajstić information content (AvgIpc) is 3.19. The molecule has 0 bridgehead atoms. The van der Waals surface area contributed by atoms with E-state index in [1.807, 2.05) is 47.2 Å². The van der Waals surface area contributed by atoms with Gasteiger partial charge in [0, 0.05) is 17.7 Å². The lowest BCUT2D eigenvalue weighted by Gasteiger charge is -2.07. The van der Waals surface area contributed by atoms with Crippen LogP contribution in [0.15, 0.2) is 71.4 Å². The zero-order valence-corrected chi connectivity index (χ0v) is 15.0. The quantitative estimate of drug-likeness (QED) is 0.619. The summed E-state index contributed by atoms with van der Waals surface area (Å²) >= 11 is 1.62. The first-order valence-corrected chi connectivity index (χ1v) is 9.27. The minimum absolute atomic E-state index is 0.171. The van der Waals surface area contributed by atoms with Crippen LogP contribution in [0.25, 0.3) is 0 Å². The van der Waals surface area contributed by atoms with Gasteiger partial charge in [-0.1, -0.05) is 30.3 Å². The van der Waals surface area contributed by atoms with E-state index in [2.05, 4.69) is 5.32 Å². The van der Waals surface area contributed by atoms with Crippen molar-refractivity contribution in [2.75, 3.05) is 5.32 Å². The number of carbonyl (C=O) groups excluding carboxylic acids is 2. The molecule has 132 valence electrons. The second-order valence-electron chi connectivity index (χ2n) is 5.81. The molecule has 0 saturated heterocycles. The van der Waals surface area contributed by atoms with Crippen LogP contribution in [0.2, 0.25) is 0 Å². The lowest BCUT2D eigenvalue weighted by Crippen LogP contribution is -2.12. The van der Waals surface area contributed by atoms with Gasteiger partial charge >= 0.3 is 5.97 Å². The predicted octanol–water partition coefficient (Wildman–Crippen LogP) is 4.68. The smallest absolute Gasteiger partial charge is 0.306 e. The van der Waals surface area contributed by atoms with E-state index >= 15 is 0 Å². The Kier molecular flexibility index (Phi) is 6.17. The lowest BCUT2D eigenvalue weighted by atomic mass is 10.1. The third kappa shape index (κ3) is 5.29. The van der Waals surface area contributed by atoms with E-state index in [1.54, 1.807) is 35.6 Å². The second-order valence-corrected chi connectivity index (χ2v) is 6.59. The minimum atomic E-state index is -0.220. The molecule has 0 aliphatic carbocycles. The van der Waals surface area contributed by atoms with E-state index in [9.17, 15) is 9.59 Å². The van der Waals surface area contributed by atoms with Crippen molar-refractivity contribution in [3.8, 4) is 0 Å². The molecular formula is C21H19NO3S. The number of esters is 1. The molecule has 26 heavy (non-hydrogen) atoms. The van der Waals surface area contributed by atoms with Gasteiger partial charge in [0.05, 0.1) is 0 Å². The van der Waals surface area contributed by atoms with Crippen molar-refractivity contribution >= 4 is 28.9 Å². The summed E-state index contributed by atoms with van der Waals surface area (Å²) in [4.78, 5) is 24.0. The van der Waals surface area contributed by atoms with Crippen LogP contribution in [0.3, 0.4) is 0 Å². The zero-order valence-electron chi connectivity index (χ0n) is 14.2. The van der Waals surface area contributed by atoms with Gasteiger partial charge < -0.3 is 10.1 Å². The van der Waals surface area contributed by atoms with Crippen molar-refractivity contribution in [2.45, 2.75) is 19.4 Å². The molecule has 1 heterocycles. The van der Waals surface area contributed by atoms with Crippen LogP contribution in [0.1, 0.15) is 27.9 Å². The molecule has 0 atom stereocenters. The van der Waals surface area contributed by atoms with Crippen molar-refractivity contribution in [1.29, 1.82) is 0 Å². The van der Waals surface area contributed by atoms with Crippen molar-refractivity contribution in [1.82, 2.24) is 0 Å². The molecule has 2 aromatic carbocycles. The van der Waals surface area contributed by atoms with E-state index < -0.39 is 0 Å². The third-order valence-electron chi connectivity index (χ3n) is 3.85. The SMILES string of the molecule is O=C(CCc1ccsc1)OCc1ccc(C(=O)Nc2ccccc2)cc1. The van der Waals surface area contributed by atoms with Crippen molar-refractivity contribution in [3.05, 3.63) is 88.1 Å². The van der Waals surface area contributed by atoms with Crippen LogP contribution in [0.4, 0.5) is 5.69 Å². The summed E-state index contributed by atoms with van der Waals surface area (Å²) in [5, 5.41) is 6.86. The summed E-state index contributed by atoms with van der Waals surface area (Å²) in [6.07, 6.45) is 1.06. The van der Waals surface area contributed by atoms with Gasteiger partial charge in [-0.25, -0.2) is 0 Å². The first kappa shape index (κ1) is 17.9. The highest BCUT2D eigenvalue weighted by atomic mass is 32.1. The maximum absolute atomic E-state index is 12.2. The van der Waals surface area contributed by atoms with E-state index in [0.717, 1.165) is 16.8 Å². The highest BCUT2D eigenvalue weighted by Gasteiger charge is 2.08. The molecule has 1 amide bonds. The third-order valence-corrected chi connectivity index (χ3v) is 4.58. The Bertz CT molecular complexity index is 843. The van der Waals surface area contributed by atoms with E-state index in [1.165, 1.54) is 0 Å². The summed E-state index contributed by atoms with van der Waals surface area (Å²) in [5.41, 5.74) is 3.31. The molecule has 0 fully saturated rings. The van der Waals surface area contributed by atoms with Crippen molar-refractivity contribution in [2.24, 2.45) is 0 Å². The van der Waals surface area contributed by atoms with Crippen LogP contribution in [0, 0.1) is 0 Å². The predicted molar refractivity (Wildman–Crippen MR) is 103 cm³/mol. The van der Waals surface area contributed by atoms with Gasteiger partial charge in [-0.2, -0.15) is 11.3 Å². The first-order chi connectivity index (χ1) is 12.7. The van der Waals surface area contributed by atoms with E-state index in [-0.39, 0.29) is 18.5 Å². The Morgan fingerprint density at radius 1 is 0.923 bits per heavy atom. The lowest BCUT2D eigenvalue weighted by molar-refractivity contribution is -0.144. The van der Waals surface area contributed by atoms with Gasteiger partial charge in [0.1, 0.15) is 6.61 Å². The topological polar surface area (TPSA) is 55.4 Å². The summed E-state index contributed by atoms with van der Waals surface area (Å²) in [5.74, 6) is -0.391. The van der Waals surface area contributed by atoms with E-state index in [0.29, 0.717) is 18.4 Å². The monoisotopic (exact) mass is 365 g/mol. The maximum atomic E-state index is 12.2. The fraction of sp³-hybridized carbons (Fsp3) is 0.143. The number of nitrogens with one attached hydrogen (secondary N) is 1. The standard InChI is InChI=1S/C21H19NO3S/c23-20(11-8-17-12-13-26-15-17)25-14-16-6-9-18(10-7-16)21(24)22-19-4-2-1-3-5-19/h1-7,9-10,12-13,15H,8,11,14H2,(H,22,24). The number of hydrogen-bond donors (Lipinski definition) is 1. The van der Waals surface area contributed by atoms with Crippen LogP contribution in [-0.4, -0.2) is 11.9 Å². The number of amides is 1. The molecule has 5 heteroatoms. The number of para-hydroxylation sites is 1. The largest absolute Gasteiger partial charge is 0.461 e. The molecule has 0 spiro atoms. The number of rotatable bonds is 7. The number of benzene rings is 2. The van der Waals surface area contributed by atoms with Crippen LogP contribution in [0.5, 0.6) is 0 Å².